The molecule has 0 atom stereocenters. The van der Waals surface area contributed by atoms with Crippen molar-refractivity contribution in [3.63, 3.8) is 0 Å². The summed E-state index contributed by atoms with van der Waals surface area (Å²) in [5, 5.41) is 0.756. The molecule has 0 bridgehead atoms. The summed E-state index contributed by atoms with van der Waals surface area (Å²) in [5.41, 5.74) is 4.89. The molecule has 3 aromatic carbocycles. The second-order valence-corrected chi connectivity index (χ2v) is 9.55. The summed E-state index contributed by atoms with van der Waals surface area (Å²) in [6.07, 6.45) is 6.18. The number of allylic oxidation sites excluding steroid dienone is 3. The minimum absolute atomic E-state index is 0.180. The predicted molar refractivity (Wildman–Crippen MR) is 154 cm³/mol. The van der Waals surface area contributed by atoms with Gasteiger partial charge in [0.25, 0.3) is 5.56 Å². The van der Waals surface area contributed by atoms with E-state index in [1.165, 1.54) is 11.1 Å². The first-order valence-corrected chi connectivity index (χ1v) is 12.9. The first-order chi connectivity index (χ1) is 18.5. The Bertz CT molecular complexity index is 1450. The number of H-pyrrole nitrogens is 1. The zero-order chi connectivity index (χ0) is 26.7. The number of aromatic nitrogens is 1. The fourth-order valence-corrected chi connectivity index (χ4v) is 4.02. The molecule has 4 rings (SSSR count). The molecule has 196 valence electrons. The Balaban J connectivity index is 1.58. The quantitative estimate of drug-likeness (QED) is 0.198. The van der Waals surface area contributed by atoms with Crippen LogP contribution in [0.5, 0.6) is 17.2 Å². The molecular weight excluding hydrogens is 474 g/mol. The summed E-state index contributed by atoms with van der Waals surface area (Å²) in [6, 6.07) is 25.4. The summed E-state index contributed by atoms with van der Waals surface area (Å²) >= 11 is 0. The van der Waals surface area contributed by atoms with Gasteiger partial charge in [-0.15, -0.1) is 0 Å². The van der Waals surface area contributed by atoms with E-state index in [1.54, 1.807) is 0 Å². The smallest absolute Gasteiger partial charge is 0.294 e. The summed E-state index contributed by atoms with van der Waals surface area (Å²) in [6.45, 7) is 7.33. The standard InChI is InChI=1S/C33H35NO4/c1-24(2)11-10-12-25(3)19-20-36-32-31(38-23-27-15-8-5-9-16-27)29-18-17-28(21-30(29)34-33(32)35)37-22-26-13-6-4-7-14-26/h4-9,11,13-19,21H,10,12,20,22-23H2,1-3H3,(H,34,35)/b25-19+. The van der Waals surface area contributed by atoms with E-state index in [2.05, 4.69) is 31.8 Å². The highest BCUT2D eigenvalue weighted by molar-refractivity contribution is 5.88. The van der Waals surface area contributed by atoms with Crippen LogP contribution in [0.15, 0.2) is 107 Å². The van der Waals surface area contributed by atoms with Gasteiger partial charge < -0.3 is 19.2 Å². The Morgan fingerprint density at radius 3 is 2.08 bits per heavy atom. The van der Waals surface area contributed by atoms with Crippen LogP contribution in [-0.2, 0) is 13.2 Å². The Labute approximate surface area is 224 Å². The van der Waals surface area contributed by atoms with Crippen molar-refractivity contribution in [3.8, 4) is 17.2 Å². The number of nitrogens with one attached hydrogen (secondary N) is 1. The van der Waals surface area contributed by atoms with Crippen molar-refractivity contribution >= 4 is 10.9 Å². The molecule has 0 radical (unpaired) electrons. The SMILES string of the molecule is CC(C)=CCC/C(C)=C/COc1c(OCc2ccccc2)c2ccc(OCc3ccccc3)cc2[nH]c1=O. The lowest BCUT2D eigenvalue weighted by molar-refractivity contribution is 0.276. The molecule has 0 spiro atoms. The first-order valence-electron chi connectivity index (χ1n) is 12.9. The molecule has 5 heteroatoms. The van der Waals surface area contributed by atoms with Gasteiger partial charge in [0.2, 0.25) is 5.75 Å². The summed E-state index contributed by atoms with van der Waals surface area (Å²) < 4.78 is 18.2. The lowest BCUT2D eigenvalue weighted by atomic mass is 10.1. The van der Waals surface area contributed by atoms with Gasteiger partial charge in [-0.2, -0.15) is 0 Å². The van der Waals surface area contributed by atoms with E-state index in [4.69, 9.17) is 14.2 Å². The maximum Gasteiger partial charge on any atom is 0.294 e. The Morgan fingerprint density at radius 1 is 0.763 bits per heavy atom. The average molecular weight is 510 g/mol. The van der Waals surface area contributed by atoms with Crippen LogP contribution in [-0.4, -0.2) is 11.6 Å². The molecule has 1 N–H and O–H groups in total. The number of rotatable bonds is 12. The monoisotopic (exact) mass is 509 g/mol. The van der Waals surface area contributed by atoms with Gasteiger partial charge in [0.1, 0.15) is 25.6 Å². The van der Waals surface area contributed by atoms with E-state index in [-0.39, 0.29) is 17.9 Å². The summed E-state index contributed by atoms with van der Waals surface area (Å²) in [4.78, 5) is 16.1. The molecule has 0 saturated carbocycles. The van der Waals surface area contributed by atoms with E-state index >= 15 is 0 Å². The fourth-order valence-electron chi connectivity index (χ4n) is 4.02. The molecule has 0 unspecified atom stereocenters. The predicted octanol–water partition coefficient (Wildman–Crippen LogP) is 7.76. The van der Waals surface area contributed by atoms with Crippen molar-refractivity contribution < 1.29 is 14.2 Å². The normalized spacial score (nSPS) is 11.3. The second kappa shape index (κ2) is 13.3. The van der Waals surface area contributed by atoms with Gasteiger partial charge in [-0.25, -0.2) is 0 Å². The number of hydrogen-bond donors (Lipinski definition) is 1. The van der Waals surface area contributed by atoms with Crippen molar-refractivity contribution in [2.45, 2.75) is 46.8 Å². The summed E-state index contributed by atoms with van der Waals surface area (Å²) in [7, 11) is 0. The van der Waals surface area contributed by atoms with E-state index < -0.39 is 0 Å². The number of hydrogen-bond acceptors (Lipinski definition) is 4. The maximum absolute atomic E-state index is 13.1. The topological polar surface area (TPSA) is 60.6 Å². The van der Waals surface area contributed by atoms with Crippen LogP contribution < -0.4 is 19.8 Å². The van der Waals surface area contributed by atoms with E-state index in [1.807, 2.05) is 84.9 Å². The molecule has 0 aliphatic heterocycles. The minimum Gasteiger partial charge on any atom is -0.489 e. The highest BCUT2D eigenvalue weighted by atomic mass is 16.5. The van der Waals surface area contributed by atoms with Gasteiger partial charge in [0.15, 0.2) is 5.75 Å². The first kappa shape index (κ1) is 26.8. The van der Waals surface area contributed by atoms with Crippen LogP contribution in [0.4, 0.5) is 0 Å². The molecule has 1 aromatic heterocycles. The van der Waals surface area contributed by atoms with E-state index in [9.17, 15) is 4.79 Å². The lowest BCUT2D eigenvalue weighted by Gasteiger charge is -2.15. The van der Waals surface area contributed by atoms with Crippen LogP contribution in [0.3, 0.4) is 0 Å². The molecule has 1 heterocycles. The number of benzene rings is 3. The zero-order valence-corrected chi connectivity index (χ0v) is 22.3. The maximum atomic E-state index is 13.1. The second-order valence-electron chi connectivity index (χ2n) is 9.55. The Hall–Kier alpha value is -4.25. The molecule has 0 aliphatic rings. The third-order valence-corrected chi connectivity index (χ3v) is 6.12. The van der Waals surface area contributed by atoms with Crippen LogP contribution in [0.25, 0.3) is 10.9 Å². The van der Waals surface area contributed by atoms with Gasteiger partial charge in [-0.3, -0.25) is 4.79 Å². The molecule has 0 saturated heterocycles. The minimum atomic E-state index is -0.337. The third-order valence-electron chi connectivity index (χ3n) is 6.12. The molecule has 0 amide bonds. The highest BCUT2D eigenvalue weighted by Crippen LogP contribution is 2.34. The Kier molecular flexibility index (Phi) is 9.41. The van der Waals surface area contributed by atoms with Crippen LogP contribution in [0.1, 0.15) is 44.7 Å². The van der Waals surface area contributed by atoms with Crippen molar-refractivity contribution in [3.05, 3.63) is 124 Å². The van der Waals surface area contributed by atoms with E-state index in [0.717, 1.165) is 29.4 Å². The zero-order valence-electron chi connectivity index (χ0n) is 22.3. The van der Waals surface area contributed by atoms with Crippen LogP contribution in [0.2, 0.25) is 0 Å². The van der Waals surface area contributed by atoms with Crippen molar-refractivity contribution in [2.24, 2.45) is 0 Å². The molecule has 38 heavy (non-hydrogen) atoms. The highest BCUT2D eigenvalue weighted by Gasteiger charge is 2.17. The van der Waals surface area contributed by atoms with Crippen LogP contribution >= 0.6 is 0 Å². The molecule has 4 aromatic rings. The van der Waals surface area contributed by atoms with Gasteiger partial charge in [-0.05, 0) is 62.9 Å². The third kappa shape index (κ3) is 7.62. The largest absolute Gasteiger partial charge is 0.489 e. The van der Waals surface area contributed by atoms with Gasteiger partial charge in [0.05, 0.1) is 5.52 Å². The summed E-state index contributed by atoms with van der Waals surface area (Å²) in [5.74, 6) is 1.27. The van der Waals surface area contributed by atoms with Crippen molar-refractivity contribution in [2.75, 3.05) is 6.61 Å². The molecular formula is C33H35NO4. The van der Waals surface area contributed by atoms with Gasteiger partial charge in [0, 0.05) is 11.5 Å². The number of aromatic amines is 1. The van der Waals surface area contributed by atoms with Crippen molar-refractivity contribution in [1.82, 2.24) is 4.98 Å². The van der Waals surface area contributed by atoms with Gasteiger partial charge in [-0.1, -0.05) is 77.9 Å². The number of ether oxygens (including phenoxy) is 3. The van der Waals surface area contributed by atoms with E-state index in [0.29, 0.717) is 30.2 Å². The lowest BCUT2D eigenvalue weighted by Crippen LogP contribution is -2.14. The molecule has 5 nitrogen and oxygen atoms in total. The fraction of sp³-hybridized carbons (Fsp3) is 0.242. The average Bonchev–Trinajstić information content (AvgIpc) is 2.92. The molecule has 0 fully saturated rings. The Morgan fingerprint density at radius 2 is 1.42 bits per heavy atom. The number of fused-ring (bicyclic) bond motifs is 1. The van der Waals surface area contributed by atoms with Crippen LogP contribution in [0, 0.1) is 0 Å². The van der Waals surface area contributed by atoms with Crippen molar-refractivity contribution in [1.29, 1.82) is 0 Å². The van der Waals surface area contributed by atoms with Gasteiger partial charge >= 0.3 is 0 Å². The molecule has 0 aliphatic carbocycles. The number of pyridine rings is 1.